The number of nitrogens with zero attached hydrogens (tertiary/aromatic N) is 1. The van der Waals surface area contributed by atoms with Crippen molar-refractivity contribution in [1.82, 2.24) is 4.90 Å². The molecule has 0 N–H and O–H groups in total. The predicted molar refractivity (Wildman–Crippen MR) is 43.0 cm³/mol. The molecule has 0 bridgehead atoms. The molecule has 1 saturated carbocycles. The summed E-state index contributed by atoms with van der Waals surface area (Å²) in [6.07, 6.45) is 2.96. The topological polar surface area (TPSA) is 3.24 Å². The van der Waals surface area contributed by atoms with E-state index in [-0.39, 0.29) is 0 Å². The van der Waals surface area contributed by atoms with E-state index in [1.54, 1.807) is 0 Å². The summed E-state index contributed by atoms with van der Waals surface area (Å²) in [6, 6.07) is 0.972. The first-order valence-corrected chi connectivity index (χ1v) is 4.36. The summed E-state index contributed by atoms with van der Waals surface area (Å²) in [7, 11) is 0. The highest BCUT2D eigenvalue weighted by Crippen LogP contribution is 2.45. The van der Waals surface area contributed by atoms with E-state index in [0.29, 0.717) is 5.54 Å². The minimum absolute atomic E-state index is 0.432. The van der Waals surface area contributed by atoms with Crippen LogP contribution in [0.3, 0.4) is 0 Å². The second-order valence-corrected chi connectivity index (χ2v) is 4.73. The van der Waals surface area contributed by atoms with Crippen molar-refractivity contribution in [2.75, 3.05) is 6.54 Å². The summed E-state index contributed by atoms with van der Waals surface area (Å²) in [4.78, 5) is 2.64. The van der Waals surface area contributed by atoms with Gasteiger partial charge in [-0.2, -0.15) is 0 Å². The van der Waals surface area contributed by atoms with Gasteiger partial charge in [-0.05, 0) is 39.5 Å². The fraction of sp³-hybridized carbons (Fsp3) is 1.00. The molecule has 0 aromatic heterocycles. The summed E-state index contributed by atoms with van der Waals surface area (Å²) >= 11 is 0. The van der Waals surface area contributed by atoms with Gasteiger partial charge in [0.15, 0.2) is 0 Å². The van der Waals surface area contributed by atoms with Crippen LogP contribution in [0.1, 0.15) is 33.6 Å². The van der Waals surface area contributed by atoms with Crippen LogP contribution in [-0.4, -0.2) is 23.0 Å². The molecule has 0 amide bonds. The molecule has 58 valence electrons. The highest BCUT2D eigenvalue weighted by molar-refractivity contribution is 5.03. The molecular formula is C9H17N. The van der Waals surface area contributed by atoms with Gasteiger partial charge >= 0.3 is 0 Å². The highest BCUT2D eigenvalue weighted by atomic mass is 15.3. The number of hydrogen-bond donors (Lipinski definition) is 0. The van der Waals surface area contributed by atoms with E-state index in [2.05, 4.69) is 25.7 Å². The Morgan fingerprint density at radius 1 is 1.20 bits per heavy atom. The summed E-state index contributed by atoms with van der Waals surface area (Å²) in [6.45, 7) is 8.33. The molecule has 2 unspecified atom stereocenters. The van der Waals surface area contributed by atoms with Crippen LogP contribution in [0.15, 0.2) is 0 Å². The van der Waals surface area contributed by atoms with Gasteiger partial charge in [-0.25, -0.2) is 0 Å². The van der Waals surface area contributed by atoms with Crippen molar-refractivity contribution >= 4 is 0 Å². The average molecular weight is 139 g/mol. The summed E-state index contributed by atoms with van der Waals surface area (Å²) < 4.78 is 0. The van der Waals surface area contributed by atoms with Crippen LogP contribution in [0.4, 0.5) is 0 Å². The molecule has 1 nitrogen and oxygen atoms in total. The Balaban J connectivity index is 1.97. The van der Waals surface area contributed by atoms with Gasteiger partial charge in [0.05, 0.1) is 0 Å². The van der Waals surface area contributed by atoms with Gasteiger partial charge in [0.2, 0.25) is 0 Å². The van der Waals surface area contributed by atoms with Gasteiger partial charge in [-0.15, -0.1) is 0 Å². The maximum absolute atomic E-state index is 2.64. The van der Waals surface area contributed by atoms with Crippen molar-refractivity contribution in [3.8, 4) is 0 Å². The molecule has 1 aliphatic carbocycles. The largest absolute Gasteiger partial charge is 0.295 e. The maximum Gasteiger partial charge on any atom is 0.0141 e. The first kappa shape index (κ1) is 6.66. The number of piperidine rings is 1. The zero-order valence-electron chi connectivity index (χ0n) is 7.22. The monoisotopic (exact) mass is 139 g/mol. The quantitative estimate of drug-likeness (QED) is 0.495. The fourth-order valence-electron chi connectivity index (χ4n) is 2.20. The lowest BCUT2D eigenvalue weighted by Gasteiger charge is -2.61. The summed E-state index contributed by atoms with van der Waals surface area (Å²) in [5.74, 6) is 1.08. The van der Waals surface area contributed by atoms with Crippen molar-refractivity contribution < 1.29 is 0 Å². The Labute approximate surface area is 63.4 Å². The molecule has 2 atom stereocenters. The van der Waals surface area contributed by atoms with Crippen molar-refractivity contribution in [3.05, 3.63) is 0 Å². The fourth-order valence-corrected chi connectivity index (χ4v) is 2.20. The molecule has 0 aromatic carbocycles. The van der Waals surface area contributed by atoms with E-state index >= 15 is 0 Å². The lowest BCUT2D eigenvalue weighted by Crippen LogP contribution is -2.67. The van der Waals surface area contributed by atoms with Gasteiger partial charge in [0, 0.05) is 18.1 Å². The third kappa shape index (κ3) is 0.731. The number of likely N-dealkylation sites (tertiary alicyclic amines) is 1. The molecule has 1 heterocycles. The van der Waals surface area contributed by atoms with Crippen LogP contribution in [0.5, 0.6) is 0 Å². The summed E-state index contributed by atoms with van der Waals surface area (Å²) in [5, 5.41) is 0. The molecule has 0 aromatic rings. The maximum atomic E-state index is 2.64. The standard InChI is InChI=1S/C9H17N/c1-9(2,3)10-6-7-4-5-8(7)10/h7-8H,4-6H2,1-3H3. The lowest BCUT2D eigenvalue weighted by molar-refractivity contribution is -0.111. The third-order valence-electron chi connectivity index (χ3n) is 3.07. The SMILES string of the molecule is CC(C)(C)N1CC2CCC21. The normalized spacial score (nSPS) is 39.9. The lowest BCUT2D eigenvalue weighted by atomic mass is 9.69. The van der Waals surface area contributed by atoms with Crippen LogP contribution in [0, 0.1) is 5.92 Å². The van der Waals surface area contributed by atoms with Crippen LogP contribution < -0.4 is 0 Å². The average Bonchev–Trinajstić information content (AvgIpc) is 1.74. The predicted octanol–water partition coefficient (Wildman–Crippen LogP) is 1.88. The van der Waals surface area contributed by atoms with E-state index in [9.17, 15) is 0 Å². The first-order valence-electron chi connectivity index (χ1n) is 4.36. The van der Waals surface area contributed by atoms with Crippen LogP contribution >= 0.6 is 0 Å². The molecule has 1 heteroatoms. The molecule has 2 rings (SSSR count). The third-order valence-corrected chi connectivity index (χ3v) is 3.07. The highest BCUT2D eigenvalue weighted by Gasteiger charge is 2.49. The number of rotatable bonds is 0. The Hall–Kier alpha value is -0.0400. The molecule has 0 radical (unpaired) electrons. The van der Waals surface area contributed by atoms with Gasteiger partial charge in [0.25, 0.3) is 0 Å². The molecule has 0 spiro atoms. The molecular weight excluding hydrogens is 122 g/mol. The van der Waals surface area contributed by atoms with Crippen LogP contribution in [0.25, 0.3) is 0 Å². The minimum atomic E-state index is 0.432. The van der Waals surface area contributed by atoms with Crippen LogP contribution in [-0.2, 0) is 0 Å². The van der Waals surface area contributed by atoms with Gasteiger partial charge in [0.1, 0.15) is 0 Å². The molecule has 2 fully saturated rings. The minimum Gasteiger partial charge on any atom is -0.295 e. The smallest absolute Gasteiger partial charge is 0.0141 e. The van der Waals surface area contributed by atoms with E-state index in [1.165, 1.54) is 19.4 Å². The van der Waals surface area contributed by atoms with Gasteiger partial charge in [-0.1, -0.05) is 0 Å². The zero-order chi connectivity index (χ0) is 7.35. The Bertz CT molecular complexity index is 145. The number of hydrogen-bond acceptors (Lipinski definition) is 1. The Morgan fingerprint density at radius 2 is 1.90 bits per heavy atom. The Morgan fingerprint density at radius 3 is 2.00 bits per heavy atom. The van der Waals surface area contributed by atoms with E-state index < -0.39 is 0 Å². The van der Waals surface area contributed by atoms with Crippen molar-refractivity contribution in [2.24, 2.45) is 5.92 Å². The first-order chi connectivity index (χ1) is 4.59. The van der Waals surface area contributed by atoms with Crippen LogP contribution in [0.2, 0.25) is 0 Å². The van der Waals surface area contributed by atoms with E-state index in [1.807, 2.05) is 0 Å². The van der Waals surface area contributed by atoms with Crippen molar-refractivity contribution in [1.29, 1.82) is 0 Å². The summed E-state index contributed by atoms with van der Waals surface area (Å²) in [5.41, 5.74) is 0.432. The molecule has 1 saturated heterocycles. The molecule has 1 aliphatic heterocycles. The van der Waals surface area contributed by atoms with Crippen molar-refractivity contribution in [2.45, 2.75) is 45.2 Å². The second kappa shape index (κ2) is 1.76. The number of fused-ring (bicyclic) bond motifs is 1. The zero-order valence-corrected chi connectivity index (χ0v) is 7.22. The van der Waals surface area contributed by atoms with E-state index in [0.717, 1.165) is 12.0 Å². The van der Waals surface area contributed by atoms with Gasteiger partial charge in [-0.3, -0.25) is 4.90 Å². The second-order valence-electron chi connectivity index (χ2n) is 4.73. The van der Waals surface area contributed by atoms with Gasteiger partial charge < -0.3 is 0 Å². The Kier molecular flexibility index (Phi) is 1.17. The van der Waals surface area contributed by atoms with Crippen molar-refractivity contribution in [3.63, 3.8) is 0 Å². The molecule has 2 aliphatic rings. The van der Waals surface area contributed by atoms with E-state index in [4.69, 9.17) is 0 Å². The molecule has 10 heavy (non-hydrogen) atoms.